The Hall–Kier alpha value is -2.62. The number of amides is 2. The third-order valence-corrected chi connectivity index (χ3v) is 6.76. The molecule has 2 aromatic carbocycles. The molecule has 0 heterocycles. The molecule has 1 fully saturated rings. The molecule has 0 aliphatic heterocycles. The number of rotatable bonds is 8. The van der Waals surface area contributed by atoms with Gasteiger partial charge in [0.25, 0.3) is 0 Å². The zero-order valence-electron chi connectivity index (χ0n) is 20.8. The van der Waals surface area contributed by atoms with Gasteiger partial charge < -0.3 is 10.2 Å². The smallest absolute Gasteiger partial charge is 0.242 e. The van der Waals surface area contributed by atoms with Crippen LogP contribution < -0.4 is 5.32 Å². The standard InChI is InChI=1S/C29H40N2O2/c1-22(28(33)30-26-13-9-6-10-14-26)31(21-24-11-7-5-8-12-24)27(32)20-17-23-15-18-25(19-16-23)29(2,3)4/h5,7-8,11-12,15-16,18-19,22,26H,6,9-10,13-14,17,20-21H2,1-4H3,(H,30,33)/t22-/m1/s1. The van der Waals surface area contributed by atoms with Crippen molar-refractivity contribution in [3.63, 3.8) is 0 Å². The van der Waals surface area contributed by atoms with E-state index < -0.39 is 6.04 Å². The second-order valence-corrected chi connectivity index (χ2v) is 10.5. The molecule has 0 aromatic heterocycles. The first-order chi connectivity index (χ1) is 15.7. The average Bonchev–Trinajstić information content (AvgIpc) is 2.81. The van der Waals surface area contributed by atoms with Crippen LogP contribution in [0.5, 0.6) is 0 Å². The number of carbonyl (C=O) groups is 2. The molecule has 0 saturated heterocycles. The van der Waals surface area contributed by atoms with Crippen LogP contribution >= 0.6 is 0 Å². The largest absolute Gasteiger partial charge is 0.352 e. The molecule has 3 rings (SSSR count). The Kier molecular flexibility index (Phi) is 8.71. The average molecular weight is 449 g/mol. The highest BCUT2D eigenvalue weighted by molar-refractivity contribution is 5.87. The van der Waals surface area contributed by atoms with Crippen LogP contribution in [0.3, 0.4) is 0 Å². The van der Waals surface area contributed by atoms with E-state index in [2.05, 4.69) is 50.4 Å². The van der Waals surface area contributed by atoms with Crippen LogP contribution in [0.25, 0.3) is 0 Å². The molecule has 1 aliphatic carbocycles. The molecule has 1 atom stereocenters. The third kappa shape index (κ3) is 7.45. The molecule has 1 saturated carbocycles. The van der Waals surface area contributed by atoms with Gasteiger partial charge in [0.15, 0.2) is 0 Å². The molecule has 33 heavy (non-hydrogen) atoms. The number of hydrogen-bond donors (Lipinski definition) is 1. The number of nitrogens with one attached hydrogen (secondary N) is 1. The van der Waals surface area contributed by atoms with Gasteiger partial charge >= 0.3 is 0 Å². The van der Waals surface area contributed by atoms with Crippen molar-refractivity contribution in [2.45, 2.75) is 96.7 Å². The molecule has 4 nitrogen and oxygen atoms in total. The fourth-order valence-electron chi connectivity index (χ4n) is 4.50. The monoisotopic (exact) mass is 448 g/mol. The van der Waals surface area contributed by atoms with Crippen LogP contribution in [0.4, 0.5) is 0 Å². The number of hydrogen-bond acceptors (Lipinski definition) is 2. The van der Waals surface area contributed by atoms with Gasteiger partial charge in [0.2, 0.25) is 11.8 Å². The van der Waals surface area contributed by atoms with Gasteiger partial charge in [-0.3, -0.25) is 9.59 Å². The Morgan fingerprint density at radius 1 is 0.939 bits per heavy atom. The van der Waals surface area contributed by atoms with Crippen LogP contribution in [0.2, 0.25) is 0 Å². The predicted molar refractivity (Wildman–Crippen MR) is 135 cm³/mol. The van der Waals surface area contributed by atoms with Crippen molar-refractivity contribution in [2.75, 3.05) is 0 Å². The molecule has 2 aromatic rings. The summed E-state index contributed by atoms with van der Waals surface area (Å²) < 4.78 is 0. The van der Waals surface area contributed by atoms with Crippen molar-refractivity contribution >= 4 is 11.8 Å². The zero-order valence-corrected chi connectivity index (χ0v) is 20.8. The zero-order chi connectivity index (χ0) is 23.8. The molecule has 2 amide bonds. The predicted octanol–water partition coefficient (Wildman–Crippen LogP) is 5.78. The van der Waals surface area contributed by atoms with Crippen molar-refractivity contribution in [1.29, 1.82) is 0 Å². The lowest BCUT2D eigenvalue weighted by Crippen LogP contribution is -2.50. The van der Waals surface area contributed by atoms with Gasteiger partial charge in [-0.2, -0.15) is 0 Å². The fourth-order valence-corrected chi connectivity index (χ4v) is 4.50. The molecular weight excluding hydrogens is 408 g/mol. The van der Waals surface area contributed by atoms with Crippen molar-refractivity contribution in [2.24, 2.45) is 0 Å². The molecule has 1 N–H and O–H groups in total. The second-order valence-electron chi connectivity index (χ2n) is 10.5. The normalized spacial score (nSPS) is 15.6. The minimum absolute atomic E-state index is 0.0186. The Morgan fingerprint density at radius 2 is 1.58 bits per heavy atom. The lowest BCUT2D eigenvalue weighted by atomic mass is 9.86. The fraction of sp³-hybridized carbons (Fsp3) is 0.517. The third-order valence-electron chi connectivity index (χ3n) is 6.76. The van der Waals surface area contributed by atoms with Gasteiger partial charge in [-0.05, 0) is 48.3 Å². The van der Waals surface area contributed by atoms with Gasteiger partial charge in [0, 0.05) is 19.0 Å². The molecular formula is C29H40N2O2. The maximum Gasteiger partial charge on any atom is 0.242 e. The Morgan fingerprint density at radius 3 is 2.18 bits per heavy atom. The van der Waals surface area contributed by atoms with Crippen molar-refractivity contribution < 1.29 is 9.59 Å². The molecule has 178 valence electrons. The highest BCUT2D eigenvalue weighted by atomic mass is 16.2. The topological polar surface area (TPSA) is 49.4 Å². The molecule has 1 aliphatic rings. The first-order valence-electron chi connectivity index (χ1n) is 12.5. The van der Waals surface area contributed by atoms with Crippen molar-refractivity contribution in [3.05, 3.63) is 71.3 Å². The summed E-state index contributed by atoms with van der Waals surface area (Å²) in [4.78, 5) is 28.1. The second kappa shape index (κ2) is 11.5. The molecule has 0 spiro atoms. The Labute approximate surface area is 199 Å². The van der Waals surface area contributed by atoms with Crippen LogP contribution in [0.1, 0.15) is 82.9 Å². The summed E-state index contributed by atoms with van der Waals surface area (Å²) >= 11 is 0. The van der Waals surface area contributed by atoms with Crippen molar-refractivity contribution in [1.82, 2.24) is 10.2 Å². The molecule has 0 bridgehead atoms. The van der Waals surface area contributed by atoms with E-state index >= 15 is 0 Å². The Balaban J connectivity index is 1.67. The number of carbonyl (C=O) groups excluding carboxylic acids is 2. The summed E-state index contributed by atoms with van der Waals surface area (Å²) in [5.74, 6) is -0.0224. The quantitative estimate of drug-likeness (QED) is 0.556. The minimum atomic E-state index is -0.497. The lowest BCUT2D eigenvalue weighted by molar-refractivity contribution is -0.141. The molecule has 4 heteroatoms. The first kappa shape index (κ1) is 25.0. The van der Waals surface area contributed by atoms with Gasteiger partial charge in [0.1, 0.15) is 6.04 Å². The SMILES string of the molecule is C[C@H](C(=O)NC1CCCCC1)N(Cc1ccccc1)C(=O)CCc1ccc(C(C)(C)C)cc1. The highest BCUT2D eigenvalue weighted by Crippen LogP contribution is 2.23. The summed E-state index contributed by atoms with van der Waals surface area (Å²) in [7, 11) is 0. The molecule has 0 unspecified atom stereocenters. The molecule has 0 radical (unpaired) electrons. The van der Waals surface area contributed by atoms with Gasteiger partial charge in [-0.25, -0.2) is 0 Å². The van der Waals surface area contributed by atoms with E-state index in [9.17, 15) is 9.59 Å². The highest BCUT2D eigenvalue weighted by Gasteiger charge is 2.28. The summed E-state index contributed by atoms with van der Waals surface area (Å²) in [6.45, 7) is 8.91. The van der Waals surface area contributed by atoms with Gasteiger partial charge in [0.05, 0.1) is 0 Å². The van der Waals surface area contributed by atoms with E-state index in [-0.39, 0.29) is 23.3 Å². The first-order valence-corrected chi connectivity index (χ1v) is 12.5. The number of aryl methyl sites for hydroxylation is 1. The van der Waals surface area contributed by atoms with E-state index in [1.165, 1.54) is 24.8 Å². The van der Waals surface area contributed by atoms with Crippen LogP contribution in [-0.2, 0) is 28.0 Å². The summed E-state index contributed by atoms with van der Waals surface area (Å²) in [6, 6.07) is 18.2. The summed E-state index contributed by atoms with van der Waals surface area (Å²) in [5, 5.41) is 3.20. The maximum absolute atomic E-state index is 13.3. The Bertz CT molecular complexity index is 893. The summed E-state index contributed by atoms with van der Waals surface area (Å²) in [6.07, 6.45) is 6.72. The van der Waals surface area contributed by atoms with Gasteiger partial charge in [-0.1, -0.05) is 94.6 Å². The van der Waals surface area contributed by atoms with E-state index in [0.29, 0.717) is 19.4 Å². The van der Waals surface area contributed by atoms with Crippen LogP contribution in [0.15, 0.2) is 54.6 Å². The van der Waals surface area contributed by atoms with Crippen LogP contribution in [0, 0.1) is 0 Å². The van der Waals surface area contributed by atoms with E-state index in [0.717, 1.165) is 24.0 Å². The van der Waals surface area contributed by atoms with E-state index in [1.54, 1.807) is 4.90 Å². The van der Waals surface area contributed by atoms with E-state index in [1.807, 2.05) is 37.3 Å². The summed E-state index contributed by atoms with van der Waals surface area (Å²) in [5.41, 5.74) is 3.59. The van der Waals surface area contributed by atoms with Crippen molar-refractivity contribution in [3.8, 4) is 0 Å². The van der Waals surface area contributed by atoms with E-state index in [4.69, 9.17) is 0 Å². The van der Waals surface area contributed by atoms with Gasteiger partial charge in [-0.15, -0.1) is 0 Å². The van der Waals surface area contributed by atoms with Crippen LogP contribution in [-0.4, -0.2) is 28.8 Å². The minimum Gasteiger partial charge on any atom is -0.352 e. The maximum atomic E-state index is 13.3. The lowest BCUT2D eigenvalue weighted by Gasteiger charge is -2.31. The number of benzene rings is 2. The number of nitrogens with zero attached hydrogens (tertiary/aromatic N) is 1.